The maximum Gasteiger partial charge on any atom is 0.193 e. The number of fused-ring (bicyclic) bond motifs is 1. The monoisotopic (exact) mass is 297 g/mol. The first kappa shape index (κ1) is 12.2. The van der Waals surface area contributed by atoms with E-state index in [1.165, 1.54) is 4.88 Å². The summed E-state index contributed by atoms with van der Waals surface area (Å²) in [6.07, 6.45) is 4.96. The van der Waals surface area contributed by atoms with Crippen LogP contribution in [0.5, 0.6) is 0 Å². The Morgan fingerprint density at radius 1 is 1.44 bits per heavy atom. The zero-order valence-electron chi connectivity index (χ0n) is 9.76. The molecule has 0 fully saturated rings. The van der Waals surface area contributed by atoms with Gasteiger partial charge in [0.25, 0.3) is 0 Å². The van der Waals surface area contributed by atoms with Crippen molar-refractivity contribution in [1.29, 1.82) is 0 Å². The van der Waals surface area contributed by atoms with Gasteiger partial charge in [-0.05, 0) is 18.5 Å². The van der Waals surface area contributed by atoms with Gasteiger partial charge in [0, 0.05) is 35.1 Å². The Kier molecular flexibility index (Phi) is 3.39. The molecule has 18 heavy (non-hydrogen) atoms. The minimum atomic E-state index is 0.224. The third-order valence-electron chi connectivity index (χ3n) is 2.87. The molecule has 0 aliphatic heterocycles. The Bertz CT molecular complexity index is 626. The molecule has 3 aromatic heterocycles. The van der Waals surface area contributed by atoms with Gasteiger partial charge in [0.15, 0.2) is 4.96 Å². The number of rotatable bonds is 4. The number of imidazole rings is 1. The molecule has 0 spiro atoms. The smallest absolute Gasteiger partial charge is 0.193 e. The fourth-order valence-corrected chi connectivity index (χ4v) is 3.98. The van der Waals surface area contributed by atoms with Crippen LogP contribution in [0.15, 0.2) is 29.2 Å². The van der Waals surface area contributed by atoms with Gasteiger partial charge < -0.3 is 5.32 Å². The minimum absolute atomic E-state index is 0.224. The van der Waals surface area contributed by atoms with Crippen molar-refractivity contribution in [2.45, 2.75) is 12.5 Å². The second-order valence-corrected chi connectivity index (χ2v) is 6.23. The summed E-state index contributed by atoms with van der Waals surface area (Å²) < 4.78 is 2.06. The summed E-state index contributed by atoms with van der Waals surface area (Å²) in [5.74, 6) is 0. The van der Waals surface area contributed by atoms with Crippen molar-refractivity contribution in [2.24, 2.45) is 0 Å². The lowest BCUT2D eigenvalue weighted by Crippen LogP contribution is -2.18. The highest BCUT2D eigenvalue weighted by molar-refractivity contribution is 7.15. The molecule has 1 unspecified atom stereocenters. The fourth-order valence-electron chi connectivity index (χ4n) is 1.96. The largest absolute Gasteiger partial charge is 0.312 e. The van der Waals surface area contributed by atoms with Crippen molar-refractivity contribution in [3.8, 4) is 0 Å². The first-order valence-electron chi connectivity index (χ1n) is 5.59. The van der Waals surface area contributed by atoms with E-state index in [-0.39, 0.29) is 6.04 Å². The number of nitrogens with one attached hydrogen (secondary N) is 1. The zero-order valence-corrected chi connectivity index (χ0v) is 12.1. The van der Waals surface area contributed by atoms with E-state index >= 15 is 0 Å². The molecule has 94 valence electrons. The average Bonchev–Trinajstić information content (AvgIpc) is 3.01. The fraction of sp³-hybridized carbons (Fsp3) is 0.250. The summed E-state index contributed by atoms with van der Waals surface area (Å²) in [5, 5.41) is 8.21. The Morgan fingerprint density at radius 2 is 2.33 bits per heavy atom. The van der Waals surface area contributed by atoms with Crippen LogP contribution in [0.2, 0.25) is 5.02 Å². The molecular formula is C12H12ClN3S2. The maximum atomic E-state index is 6.18. The van der Waals surface area contributed by atoms with E-state index in [2.05, 4.69) is 20.9 Å². The highest BCUT2D eigenvalue weighted by Crippen LogP contribution is 2.30. The van der Waals surface area contributed by atoms with Crippen molar-refractivity contribution in [3.05, 3.63) is 44.8 Å². The van der Waals surface area contributed by atoms with Gasteiger partial charge in [0.2, 0.25) is 0 Å². The van der Waals surface area contributed by atoms with Crippen LogP contribution in [-0.4, -0.2) is 16.4 Å². The number of hydrogen-bond donors (Lipinski definition) is 1. The second-order valence-electron chi connectivity index (χ2n) is 4.00. The predicted octanol–water partition coefficient (Wildman–Crippen LogP) is 3.61. The molecule has 0 aromatic carbocycles. The molecule has 3 aromatic rings. The van der Waals surface area contributed by atoms with Gasteiger partial charge in [-0.25, -0.2) is 4.98 Å². The molecule has 6 heteroatoms. The quantitative estimate of drug-likeness (QED) is 0.797. The maximum absolute atomic E-state index is 6.18. The SMILES string of the molecule is CNC(Cc1cn2ccsc2n1)c1sccc1Cl. The molecule has 3 nitrogen and oxygen atoms in total. The molecule has 0 radical (unpaired) electrons. The Balaban J connectivity index is 1.86. The Hall–Kier alpha value is -0.880. The molecule has 3 rings (SSSR count). The van der Waals surface area contributed by atoms with Crippen molar-refractivity contribution >= 4 is 39.2 Å². The summed E-state index contributed by atoms with van der Waals surface area (Å²) in [4.78, 5) is 6.82. The topological polar surface area (TPSA) is 29.3 Å². The molecule has 0 aliphatic carbocycles. The summed E-state index contributed by atoms with van der Waals surface area (Å²) in [5.41, 5.74) is 1.09. The summed E-state index contributed by atoms with van der Waals surface area (Å²) in [6.45, 7) is 0. The van der Waals surface area contributed by atoms with Crippen LogP contribution >= 0.6 is 34.3 Å². The number of thiophene rings is 1. The molecule has 0 amide bonds. The second kappa shape index (κ2) is 5.01. The molecule has 1 N–H and O–H groups in total. The van der Waals surface area contributed by atoms with E-state index < -0.39 is 0 Å². The third kappa shape index (κ3) is 2.19. The third-order valence-corrected chi connectivity index (χ3v) is 5.11. The van der Waals surface area contributed by atoms with E-state index in [1.54, 1.807) is 22.7 Å². The lowest BCUT2D eigenvalue weighted by atomic mass is 10.1. The van der Waals surface area contributed by atoms with E-state index in [9.17, 15) is 0 Å². The van der Waals surface area contributed by atoms with Crippen LogP contribution in [0.4, 0.5) is 0 Å². The summed E-state index contributed by atoms with van der Waals surface area (Å²) >= 11 is 9.52. The zero-order chi connectivity index (χ0) is 12.5. The molecule has 0 saturated carbocycles. The van der Waals surface area contributed by atoms with Gasteiger partial charge in [0.1, 0.15) is 0 Å². The highest BCUT2D eigenvalue weighted by atomic mass is 35.5. The van der Waals surface area contributed by atoms with Crippen LogP contribution in [0.1, 0.15) is 16.6 Å². The molecular weight excluding hydrogens is 286 g/mol. The van der Waals surface area contributed by atoms with E-state index in [4.69, 9.17) is 11.6 Å². The first-order chi connectivity index (χ1) is 8.78. The van der Waals surface area contributed by atoms with Crippen LogP contribution in [-0.2, 0) is 6.42 Å². The molecule has 0 aliphatic rings. The van der Waals surface area contributed by atoms with Gasteiger partial charge in [-0.15, -0.1) is 22.7 Å². The van der Waals surface area contributed by atoms with Crippen molar-refractivity contribution in [3.63, 3.8) is 0 Å². The summed E-state index contributed by atoms with van der Waals surface area (Å²) in [6, 6.07) is 2.17. The van der Waals surface area contributed by atoms with Crippen molar-refractivity contribution in [2.75, 3.05) is 7.05 Å². The van der Waals surface area contributed by atoms with Crippen LogP contribution in [0.3, 0.4) is 0 Å². The van der Waals surface area contributed by atoms with Crippen LogP contribution in [0.25, 0.3) is 4.96 Å². The number of thiazole rings is 1. The van der Waals surface area contributed by atoms with Gasteiger partial charge in [-0.3, -0.25) is 4.40 Å². The predicted molar refractivity (Wildman–Crippen MR) is 77.9 cm³/mol. The van der Waals surface area contributed by atoms with Gasteiger partial charge in [-0.1, -0.05) is 11.6 Å². The number of hydrogen-bond acceptors (Lipinski definition) is 4. The van der Waals surface area contributed by atoms with Crippen molar-refractivity contribution in [1.82, 2.24) is 14.7 Å². The normalized spacial score (nSPS) is 13.2. The van der Waals surface area contributed by atoms with Gasteiger partial charge in [-0.2, -0.15) is 0 Å². The number of aromatic nitrogens is 2. The van der Waals surface area contributed by atoms with Crippen LogP contribution in [0, 0.1) is 0 Å². The molecule has 1 atom stereocenters. The van der Waals surface area contributed by atoms with E-state index in [0.717, 1.165) is 22.1 Å². The summed E-state index contributed by atoms with van der Waals surface area (Å²) in [7, 11) is 1.96. The number of nitrogens with zero attached hydrogens (tertiary/aromatic N) is 2. The molecule has 0 saturated heterocycles. The lowest BCUT2D eigenvalue weighted by Gasteiger charge is -2.13. The highest BCUT2D eigenvalue weighted by Gasteiger charge is 2.16. The lowest BCUT2D eigenvalue weighted by molar-refractivity contribution is 0.596. The Labute approximate surface area is 118 Å². The first-order valence-corrected chi connectivity index (χ1v) is 7.73. The molecule has 0 bridgehead atoms. The van der Waals surface area contributed by atoms with Crippen LogP contribution < -0.4 is 5.32 Å². The molecule has 3 heterocycles. The Morgan fingerprint density at radius 3 is 3.00 bits per heavy atom. The average molecular weight is 298 g/mol. The number of halogens is 1. The van der Waals surface area contributed by atoms with E-state index in [0.29, 0.717) is 0 Å². The standard InChI is InChI=1S/C12H12ClN3S2/c1-14-10(11-9(13)2-4-17-11)6-8-7-16-3-5-18-12(16)15-8/h2-5,7,10,14H,6H2,1H3. The van der Waals surface area contributed by atoms with Gasteiger partial charge >= 0.3 is 0 Å². The van der Waals surface area contributed by atoms with Gasteiger partial charge in [0.05, 0.1) is 10.7 Å². The van der Waals surface area contributed by atoms with E-state index in [1.807, 2.05) is 30.1 Å². The number of likely N-dealkylation sites (N-methyl/N-ethyl adjacent to an activating group) is 1. The van der Waals surface area contributed by atoms with Crippen molar-refractivity contribution < 1.29 is 0 Å². The minimum Gasteiger partial charge on any atom is -0.312 e.